The Balaban J connectivity index is 1.91. The molecule has 0 aliphatic carbocycles. The summed E-state index contributed by atoms with van der Waals surface area (Å²) in [6.07, 6.45) is 0. The molecule has 114 valence electrons. The molecule has 1 N–H and O–H groups in total. The van der Waals surface area contributed by atoms with Gasteiger partial charge in [0.2, 0.25) is 0 Å². The van der Waals surface area contributed by atoms with Crippen molar-refractivity contribution in [2.75, 3.05) is 22.5 Å². The number of aromatic nitrogens is 1. The number of halogens is 1. The van der Waals surface area contributed by atoms with Gasteiger partial charge in [-0.3, -0.25) is 4.90 Å². The molecule has 1 aliphatic rings. The van der Waals surface area contributed by atoms with Crippen LogP contribution in [-0.4, -0.2) is 23.3 Å². The molecule has 2 aromatic rings. The normalized spacial score (nSPS) is 13.7. The van der Waals surface area contributed by atoms with E-state index in [0.717, 1.165) is 27.7 Å². The summed E-state index contributed by atoms with van der Waals surface area (Å²) in [7, 11) is 0. The second-order valence-electron chi connectivity index (χ2n) is 5.14. The van der Waals surface area contributed by atoms with E-state index >= 15 is 0 Å². The van der Waals surface area contributed by atoms with Crippen molar-refractivity contribution in [2.24, 2.45) is 0 Å². The van der Waals surface area contributed by atoms with E-state index in [-0.39, 0.29) is 6.03 Å². The molecule has 6 heteroatoms. The van der Waals surface area contributed by atoms with Crippen molar-refractivity contribution in [2.45, 2.75) is 18.9 Å². The number of benzene rings is 1. The lowest BCUT2D eigenvalue weighted by molar-refractivity contribution is 0.257. The lowest BCUT2D eigenvalue weighted by Crippen LogP contribution is -2.39. The second-order valence-corrected chi connectivity index (χ2v) is 6.64. The van der Waals surface area contributed by atoms with Crippen molar-refractivity contribution in [1.82, 2.24) is 4.98 Å². The number of aryl methyl sites for hydroxylation is 2. The van der Waals surface area contributed by atoms with Crippen LogP contribution in [0.5, 0.6) is 0 Å². The van der Waals surface area contributed by atoms with Crippen molar-refractivity contribution in [3.63, 3.8) is 0 Å². The number of nitrogens with zero attached hydrogens (tertiary/aromatic N) is 2. The fraction of sp³-hybridized carbons (Fsp3) is 0.250. The molecular formula is C16H16ClN3OS. The Hall–Kier alpha value is -1.72. The van der Waals surface area contributed by atoms with Crippen LogP contribution in [0.1, 0.15) is 11.3 Å². The molecule has 3 rings (SSSR count). The molecule has 2 heterocycles. The predicted octanol–water partition coefficient (Wildman–Crippen LogP) is 4.50. The average Bonchev–Trinajstić information content (AvgIpc) is 2.48. The lowest BCUT2D eigenvalue weighted by atomic mass is 10.2. The van der Waals surface area contributed by atoms with Gasteiger partial charge >= 0.3 is 6.03 Å². The van der Waals surface area contributed by atoms with Crippen LogP contribution in [0.15, 0.2) is 35.4 Å². The Bertz CT molecular complexity index is 735. The maximum atomic E-state index is 12.6. The molecule has 0 bridgehead atoms. The van der Waals surface area contributed by atoms with E-state index in [1.807, 2.05) is 32.0 Å². The second kappa shape index (κ2) is 6.18. The summed E-state index contributed by atoms with van der Waals surface area (Å²) in [5.74, 6) is 0.832. The van der Waals surface area contributed by atoms with Gasteiger partial charge in [-0.05, 0) is 37.6 Å². The molecule has 1 aliphatic heterocycles. The number of urea groups is 1. The van der Waals surface area contributed by atoms with Crippen LogP contribution >= 0.6 is 23.4 Å². The minimum absolute atomic E-state index is 0.177. The fourth-order valence-corrected chi connectivity index (χ4v) is 3.79. The van der Waals surface area contributed by atoms with Crippen LogP contribution < -0.4 is 10.2 Å². The van der Waals surface area contributed by atoms with E-state index in [2.05, 4.69) is 10.3 Å². The molecule has 0 fully saturated rings. The first-order valence-electron chi connectivity index (χ1n) is 7.00. The number of carbonyl (C=O) groups excluding carboxylic acids is 1. The standard InChI is InChI=1S/C16H16ClN3OS/c1-10-9-11(2)18-15-14(10)20(7-8-22-15)16(21)19-13-6-4-3-5-12(13)17/h3-6,9H,7-8H2,1-2H3,(H,19,21). The summed E-state index contributed by atoms with van der Waals surface area (Å²) in [5.41, 5.74) is 3.54. The molecule has 0 saturated heterocycles. The summed E-state index contributed by atoms with van der Waals surface area (Å²) in [6.45, 7) is 4.63. The summed E-state index contributed by atoms with van der Waals surface area (Å²) < 4.78 is 0. The van der Waals surface area contributed by atoms with Crippen LogP contribution in [-0.2, 0) is 0 Å². The highest BCUT2D eigenvalue weighted by atomic mass is 35.5. The molecule has 22 heavy (non-hydrogen) atoms. The number of amides is 2. The van der Waals surface area contributed by atoms with Crippen molar-refractivity contribution in [3.05, 3.63) is 46.6 Å². The molecule has 1 aromatic heterocycles. The van der Waals surface area contributed by atoms with Crippen LogP contribution in [0.4, 0.5) is 16.2 Å². The zero-order chi connectivity index (χ0) is 15.7. The first-order valence-corrected chi connectivity index (χ1v) is 8.36. The maximum Gasteiger partial charge on any atom is 0.326 e. The molecule has 4 nitrogen and oxygen atoms in total. The third-order valence-electron chi connectivity index (χ3n) is 3.46. The van der Waals surface area contributed by atoms with E-state index in [1.165, 1.54) is 0 Å². The lowest BCUT2D eigenvalue weighted by Gasteiger charge is -2.30. The monoisotopic (exact) mass is 333 g/mol. The molecule has 2 amide bonds. The van der Waals surface area contributed by atoms with E-state index in [1.54, 1.807) is 28.8 Å². The molecule has 0 unspecified atom stereocenters. The van der Waals surface area contributed by atoms with Crippen LogP contribution in [0.3, 0.4) is 0 Å². The number of rotatable bonds is 1. The van der Waals surface area contributed by atoms with Gasteiger partial charge in [0.1, 0.15) is 5.03 Å². The topological polar surface area (TPSA) is 45.2 Å². The fourth-order valence-electron chi connectivity index (χ4n) is 2.52. The number of anilines is 2. The van der Waals surface area contributed by atoms with E-state index in [9.17, 15) is 4.79 Å². The minimum Gasteiger partial charge on any atom is -0.306 e. The summed E-state index contributed by atoms with van der Waals surface area (Å²) in [6, 6.07) is 9.05. The van der Waals surface area contributed by atoms with E-state index < -0.39 is 0 Å². The highest BCUT2D eigenvalue weighted by molar-refractivity contribution is 7.99. The van der Waals surface area contributed by atoms with Gasteiger partial charge < -0.3 is 5.32 Å². The van der Waals surface area contributed by atoms with Crippen LogP contribution in [0.25, 0.3) is 0 Å². The maximum absolute atomic E-state index is 12.6. The average molecular weight is 334 g/mol. The number of carbonyl (C=O) groups is 1. The van der Waals surface area contributed by atoms with Gasteiger partial charge in [-0.2, -0.15) is 0 Å². The SMILES string of the molecule is Cc1cc(C)c2c(n1)SCCN2C(=O)Nc1ccccc1Cl. The molecule has 0 atom stereocenters. The molecule has 1 aromatic carbocycles. The number of para-hydroxylation sites is 1. The minimum atomic E-state index is -0.177. The Morgan fingerprint density at radius 3 is 2.91 bits per heavy atom. The number of fused-ring (bicyclic) bond motifs is 1. The van der Waals surface area contributed by atoms with Crippen LogP contribution in [0, 0.1) is 13.8 Å². The zero-order valence-electron chi connectivity index (χ0n) is 12.4. The summed E-state index contributed by atoms with van der Waals surface area (Å²) in [4.78, 5) is 18.9. The van der Waals surface area contributed by atoms with Crippen molar-refractivity contribution in [3.8, 4) is 0 Å². The van der Waals surface area contributed by atoms with Crippen molar-refractivity contribution < 1.29 is 4.79 Å². The van der Waals surface area contributed by atoms with Gasteiger partial charge in [-0.1, -0.05) is 23.7 Å². The van der Waals surface area contributed by atoms with Gasteiger partial charge in [-0.15, -0.1) is 11.8 Å². The van der Waals surface area contributed by atoms with Gasteiger partial charge in [0.15, 0.2) is 0 Å². The van der Waals surface area contributed by atoms with Gasteiger partial charge in [-0.25, -0.2) is 9.78 Å². The third kappa shape index (κ3) is 2.91. The van der Waals surface area contributed by atoms with Crippen molar-refractivity contribution in [1.29, 1.82) is 0 Å². The third-order valence-corrected chi connectivity index (χ3v) is 4.74. The Kier molecular flexibility index (Phi) is 4.27. The number of nitrogens with one attached hydrogen (secondary N) is 1. The first-order chi connectivity index (χ1) is 10.6. The predicted molar refractivity (Wildman–Crippen MR) is 92.3 cm³/mol. The number of thioether (sulfide) groups is 1. The summed E-state index contributed by atoms with van der Waals surface area (Å²) >= 11 is 7.80. The van der Waals surface area contributed by atoms with Gasteiger partial charge in [0, 0.05) is 18.0 Å². The highest BCUT2D eigenvalue weighted by Gasteiger charge is 2.26. The summed E-state index contributed by atoms with van der Waals surface area (Å²) in [5, 5.41) is 4.32. The Morgan fingerprint density at radius 2 is 2.14 bits per heavy atom. The quantitative estimate of drug-likeness (QED) is 0.836. The van der Waals surface area contributed by atoms with Gasteiger partial charge in [0.25, 0.3) is 0 Å². The van der Waals surface area contributed by atoms with E-state index in [4.69, 9.17) is 11.6 Å². The highest BCUT2D eigenvalue weighted by Crippen LogP contribution is 2.36. The zero-order valence-corrected chi connectivity index (χ0v) is 14.0. The number of hydrogen-bond donors (Lipinski definition) is 1. The Morgan fingerprint density at radius 1 is 1.36 bits per heavy atom. The number of pyridine rings is 1. The largest absolute Gasteiger partial charge is 0.326 e. The van der Waals surface area contributed by atoms with E-state index in [0.29, 0.717) is 17.3 Å². The Labute approximate surface area is 138 Å². The number of hydrogen-bond acceptors (Lipinski definition) is 3. The molecular weight excluding hydrogens is 318 g/mol. The smallest absolute Gasteiger partial charge is 0.306 e. The van der Waals surface area contributed by atoms with Crippen molar-refractivity contribution >= 4 is 40.8 Å². The molecule has 0 saturated carbocycles. The first kappa shape index (κ1) is 15.2. The van der Waals surface area contributed by atoms with Gasteiger partial charge in [0.05, 0.1) is 16.4 Å². The van der Waals surface area contributed by atoms with Crippen LogP contribution in [0.2, 0.25) is 5.02 Å². The molecule has 0 spiro atoms. The molecule has 0 radical (unpaired) electrons.